The Balaban J connectivity index is 0.000000293. The molecule has 0 aromatic heterocycles. The maximum atomic E-state index is 15.0. The molecule has 9 fully saturated rings. The van der Waals surface area contributed by atoms with E-state index in [1.807, 2.05) is 118 Å². The van der Waals surface area contributed by atoms with Crippen molar-refractivity contribution in [3.8, 4) is 0 Å². The minimum absolute atomic E-state index is 0.0189. The number of nitrogens with two attached hydrogens (primary N) is 2. The Morgan fingerprint density at radius 2 is 0.701 bits per heavy atom. The van der Waals surface area contributed by atoms with Crippen LogP contribution in [0.2, 0.25) is 0 Å². The zero-order chi connectivity index (χ0) is 110. The van der Waals surface area contributed by atoms with Crippen LogP contribution in [0.4, 0.5) is 14.4 Å². The third kappa shape index (κ3) is 31.8. The number of primary amides is 2. The number of ketones is 3. The second-order valence-electron chi connectivity index (χ2n) is 50.7. The van der Waals surface area contributed by atoms with Crippen LogP contribution in [0.15, 0.2) is 12.7 Å². The average Bonchev–Trinajstić information content (AvgIpc) is 1.59. The molecule has 0 aromatic carbocycles. The topological polar surface area (TPSA) is 550 Å². The van der Waals surface area contributed by atoms with Gasteiger partial charge in [-0.3, -0.25) is 57.5 Å². The van der Waals surface area contributed by atoms with Crippen LogP contribution in [-0.2, 0) is 87.6 Å². The summed E-state index contributed by atoms with van der Waals surface area (Å²) in [7, 11) is -6.17. The molecule has 6 saturated carbocycles. The molecule has 6 aliphatic carbocycles. The molecule has 3 saturated heterocycles. The normalized spacial score (nSPS) is 24.8. The summed E-state index contributed by atoms with van der Waals surface area (Å²) >= 11 is 0. The van der Waals surface area contributed by atoms with E-state index in [1.165, 1.54) is 40.1 Å². The van der Waals surface area contributed by atoms with Crippen LogP contribution in [0.5, 0.6) is 0 Å². The fourth-order valence-electron chi connectivity index (χ4n) is 22.2. The Morgan fingerprint density at radius 1 is 0.396 bits per heavy atom. The number of rotatable bonds is 39. The Hall–Kier alpha value is -8.48. The van der Waals surface area contributed by atoms with Crippen molar-refractivity contribution in [1.29, 1.82) is 0 Å². The molecule has 0 aromatic rings. The fraction of sp³-hybridized carbons (Fsp3) is 0.833. The highest BCUT2D eigenvalue weighted by Crippen LogP contribution is 2.57. The van der Waals surface area contributed by atoms with Crippen LogP contribution in [0.1, 0.15) is 288 Å². The molecule has 39 nitrogen and oxygen atoms in total. The van der Waals surface area contributed by atoms with E-state index in [-0.39, 0.29) is 102 Å². The van der Waals surface area contributed by atoms with Crippen molar-refractivity contribution in [2.24, 2.45) is 108 Å². The second-order valence-corrected chi connectivity index (χ2v) is 57.0. The molecule has 9 aliphatic rings. The number of nitrogens with one attached hydrogen (secondary N) is 10. The quantitative estimate of drug-likeness (QED) is 0.0218. The van der Waals surface area contributed by atoms with Crippen LogP contribution in [0.3, 0.4) is 0 Å². The van der Waals surface area contributed by atoms with E-state index in [9.17, 15) is 97.2 Å². The van der Waals surface area contributed by atoms with E-state index in [1.54, 1.807) is 14.7 Å². The Morgan fingerprint density at radius 3 is 0.972 bits per heavy atom. The summed E-state index contributed by atoms with van der Waals surface area (Å²) in [5, 5.41) is 28.4. The predicted octanol–water partition coefficient (Wildman–Crippen LogP) is 6.96. The number of carbonyl (C=O) groups excluding carboxylic acids is 15. The number of sulfonamides is 3. The molecule has 144 heavy (non-hydrogen) atoms. The maximum absolute atomic E-state index is 15.0. The van der Waals surface area contributed by atoms with Gasteiger partial charge in [-0.05, 0) is 167 Å². The number of hydrogen-bond acceptors (Lipinski definition) is 21. The number of likely N-dealkylation sites (tertiary alicyclic amines) is 3. The standard InChI is InChI=1S/C37H64N6O7S.C33H58N6O7S.C32H56N6O7S/c1-11-16-26(29(44)32(46)38-21-12-2)39-31(45)28-24-17-20-36(6,7)25(24)22-43(28)33(47)30(37(8)18-14-13-15-19-37)41-34(48)40-27(35(3,4)5)23-42(9)51(10,49)50;1-31(2,3)23(18-38(9)47(10,45)46)36-30(44)37-26(32(4,5)6)29(43)39-17-21-20(14-15-33(21,7)8)24(39)28(42)35-22(25(40)27(34)41)16-19-12-11-13-19;1-30(2,3)22(17-37(9)46(10,44)45)35-29(43)36-25(31(4,5)6)28(42)38-16-20-19(13-14-32(20,7)8)23(38)27(41)34-21(15-18-11-12-18)24(39)26(33)40/h12,24-28,30H,2,11,13-23H2,1,3-10H3,(H,38,46)(H,39,45)(H2,40,41,48);19-24,26H,11-18H2,1-10H3,(H2,34,41)(H,35,42)(H2,36,37,44);18-23,25H,11-17H2,1-10H3,(H2,33,40)(H,34,41)(H2,35,36,43)/t24-,25-,26?,27+,28-,30+;20-,21-,22?,23+,24-,26+;19-,20-,21?,22+,23-,25+/m000/s1. The second kappa shape index (κ2) is 47.6. The van der Waals surface area contributed by atoms with Crippen LogP contribution >= 0.6 is 0 Å². The van der Waals surface area contributed by atoms with Crippen molar-refractivity contribution < 1.29 is 97.2 Å². The molecular formula is C102H178N18O21S3. The number of likely N-dealkylation sites (N-methyl/N-ethyl adjacent to an activating group) is 3. The smallest absolute Gasteiger partial charge is 0.315 e. The van der Waals surface area contributed by atoms with E-state index in [2.05, 4.69) is 101 Å². The lowest BCUT2D eigenvalue weighted by atomic mass is 9.70. The fourth-order valence-corrected chi connectivity index (χ4v) is 23.5. The molecule has 15 amide bonds. The first kappa shape index (κ1) is 122. The molecule has 3 heterocycles. The van der Waals surface area contributed by atoms with Gasteiger partial charge in [0.05, 0.1) is 36.9 Å². The van der Waals surface area contributed by atoms with Gasteiger partial charge in [-0.2, -0.15) is 0 Å². The van der Waals surface area contributed by atoms with Crippen molar-refractivity contribution in [3.63, 3.8) is 0 Å². The molecule has 820 valence electrons. The predicted molar refractivity (Wildman–Crippen MR) is 552 cm³/mol. The van der Waals surface area contributed by atoms with Gasteiger partial charge in [0.1, 0.15) is 36.3 Å². The molecule has 0 radical (unpaired) electrons. The first-order chi connectivity index (χ1) is 65.7. The van der Waals surface area contributed by atoms with Crippen LogP contribution in [0.25, 0.3) is 0 Å². The minimum Gasteiger partial charge on any atom is -0.363 e. The van der Waals surface area contributed by atoms with E-state index in [4.69, 9.17) is 11.5 Å². The van der Waals surface area contributed by atoms with Gasteiger partial charge in [-0.25, -0.2) is 52.6 Å². The van der Waals surface area contributed by atoms with Crippen molar-refractivity contribution in [2.75, 3.05) is 85.7 Å². The van der Waals surface area contributed by atoms with Gasteiger partial charge in [-0.15, -0.1) is 6.58 Å². The summed E-state index contributed by atoms with van der Waals surface area (Å²) in [6.07, 6.45) is 19.9. The van der Waals surface area contributed by atoms with Crippen molar-refractivity contribution in [3.05, 3.63) is 12.7 Å². The molecule has 18 atom stereocenters. The Labute approximate surface area is 857 Å². The SMILES string of the molecule is C=CCNC(=O)C(=O)C(CCC)NC(=O)[C@@H]1[C@H]2CCC(C)(C)[C@H]2CN1C(=O)[C@@H](NC(=O)N[C@H](CN(C)S(C)(=O)=O)C(C)(C)C)C1(C)CCCCC1.CN(C[C@@H](NC(=O)N[C@H](C(=O)N1C[C@H]2[C@H](CCC2(C)C)[C@H]1C(=O)NC(CC1CC1)C(=O)C(N)=O)C(C)(C)C)C(C)(C)C)S(C)(=O)=O.CN(C[C@@H](NC(=O)N[C@H](C(=O)N1C[C@H]2[C@H](CCC2(C)C)[C@H]1C(=O)NC(CC1CCC1)C(=O)C(N)=O)C(C)(C)C)C(C)(C)C)S(C)(=O)=O. The summed E-state index contributed by atoms with van der Waals surface area (Å²) in [5.74, 6) is -8.04. The molecular weight excluding hydrogens is 1910 g/mol. The van der Waals surface area contributed by atoms with Gasteiger partial charge < -0.3 is 79.3 Å². The minimum atomic E-state index is -3.51. The van der Waals surface area contributed by atoms with Crippen molar-refractivity contribution >= 4 is 119 Å². The molecule has 0 spiro atoms. The molecule has 0 bridgehead atoms. The zero-order valence-corrected chi connectivity index (χ0v) is 94.0. The summed E-state index contributed by atoms with van der Waals surface area (Å²) in [6.45, 7) is 49.4. The third-order valence-corrected chi connectivity index (χ3v) is 36.5. The van der Waals surface area contributed by atoms with Crippen LogP contribution in [0, 0.1) is 96.1 Å². The molecule has 3 aliphatic heterocycles. The number of carbonyl (C=O) groups is 15. The highest BCUT2D eigenvalue weighted by Gasteiger charge is 2.62. The van der Waals surface area contributed by atoms with Gasteiger partial charge >= 0.3 is 18.1 Å². The first-order valence-corrected chi connectivity index (χ1v) is 57.2. The summed E-state index contributed by atoms with van der Waals surface area (Å²) < 4.78 is 76.5. The largest absolute Gasteiger partial charge is 0.363 e. The van der Waals surface area contributed by atoms with Gasteiger partial charge in [0.15, 0.2) is 0 Å². The number of hydrogen-bond donors (Lipinski definition) is 12. The lowest BCUT2D eigenvalue weighted by Gasteiger charge is -2.43. The highest BCUT2D eigenvalue weighted by atomic mass is 32.2. The summed E-state index contributed by atoms with van der Waals surface area (Å²) in [4.78, 5) is 207. The highest BCUT2D eigenvalue weighted by molar-refractivity contribution is 7.88. The lowest BCUT2D eigenvalue weighted by Crippen LogP contribution is -2.63. The number of amides is 15. The maximum Gasteiger partial charge on any atom is 0.315 e. The van der Waals surface area contributed by atoms with Crippen molar-refractivity contribution in [2.45, 2.75) is 360 Å². The van der Waals surface area contributed by atoms with Gasteiger partial charge in [0, 0.05) is 85.1 Å². The van der Waals surface area contributed by atoms with Crippen molar-refractivity contribution in [1.82, 2.24) is 80.8 Å². The van der Waals surface area contributed by atoms with Crippen LogP contribution < -0.4 is 64.6 Å². The lowest BCUT2D eigenvalue weighted by molar-refractivity contribution is -0.145. The molecule has 42 heteroatoms. The van der Waals surface area contributed by atoms with Gasteiger partial charge in [0.2, 0.25) is 82.9 Å². The van der Waals surface area contributed by atoms with E-state index in [0.29, 0.717) is 64.6 Å². The third-order valence-electron chi connectivity index (χ3n) is 32.7. The average molecular weight is 2090 g/mol. The van der Waals surface area contributed by atoms with Crippen LogP contribution in [-0.4, -0.2) is 300 Å². The zero-order valence-electron chi connectivity index (χ0n) is 91.6. The number of Topliss-reactive ketones (excluding diaryl/α,β-unsaturated/α-hetero) is 3. The monoisotopic (exact) mass is 2090 g/mol. The number of nitrogens with zero attached hydrogens (tertiary/aromatic N) is 6. The molecule has 14 N–H and O–H groups in total. The van der Waals surface area contributed by atoms with Gasteiger partial charge in [-0.1, -0.05) is 223 Å². The van der Waals surface area contributed by atoms with E-state index in [0.717, 1.165) is 95.8 Å². The number of urea groups is 3. The van der Waals surface area contributed by atoms with E-state index >= 15 is 0 Å². The summed E-state index contributed by atoms with van der Waals surface area (Å²) in [5.41, 5.74) is 6.60. The Kier molecular flexibility index (Phi) is 40.5. The molecule has 9 rings (SSSR count). The number of fused-ring (bicyclic) bond motifs is 3. The van der Waals surface area contributed by atoms with E-state index < -0.39 is 218 Å². The Bertz CT molecular complexity index is 5040. The van der Waals surface area contributed by atoms with Gasteiger partial charge in [0.25, 0.3) is 17.7 Å². The summed E-state index contributed by atoms with van der Waals surface area (Å²) in [6, 6.07) is -12.4. The first-order valence-electron chi connectivity index (χ1n) is 51.6. The molecule has 3 unspecified atom stereocenters.